The van der Waals surface area contributed by atoms with E-state index in [1.165, 1.54) is 48.9 Å². The zero-order chi connectivity index (χ0) is 23.6. The van der Waals surface area contributed by atoms with Gasteiger partial charge in [0.05, 0.1) is 5.69 Å². The van der Waals surface area contributed by atoms with E-state index in [9.17, 15) is 9.59 Å². The van der Waals surface area contributed by atoms with E-state index in [-0.39, 0.29) is 0 Å². The molecule has 1 aliphatic heterocycles. The number of aromatic nitrogens is 1. The van der Waals surface area contributed by atoms with E-state index in [1.807, 2.05) is 6.07 Å². The van der Waals surface area contributed by atoms with Gasteiger partial charge < -0.3 is 14.7 Å². The van der Waals surface area contributed by atoms with Crippen LogP contribution < -0.4 is 0 Å². The fraction of sp³-hybridized carbons (Fsp3) is 0.346. The summed E-state index contributed by atoms with van der Waals surface area (Å²) in [6, 6.07) is 17.1. The SMILES string of the molecule is Cc1ccc2onc(CCC3CCN(Cc4ccccc4)CC3)c2c1.O=C(O)/C=C\C(=O)O. The molecule has 1 aliphatic rings. The minimum Gasteiger partial charge on any atom is -0.478 e. The molecule has 7 nitrogen and oxygen atoms in total. The number of aliphatic carboxylic acids is 2. The van der Waals surface area contributed by atoms with Gasteiger partial charge in [-0.1, -0.05) is 47.1 Å². The molecule has 0 bridgehead atoms. The first-order valence-corrected chi connectivity index (χ1v) is 11.2. The van der Waals surface area contributed by atoms with Crippen LogP contribution in [-0.4, -0.2) is 45.3 Å². The molecular weight excluding hydrogens is 420 g/mol. The summed E-state index contributed by atoms with van der Waals surface area (Å²) in [5.41, 5.74) is 4.74. The van der Waals surface area contributed by atoms with Crippen molar-refractivity contribution in [3.63, 3.8) is 0 Å². The lowest BCUT2D eigenvalue weighted by Gasteiger charge is -2.31. The van der Waals surface area contributed by atoms with Crippen LogP contribution in [0.2, 0.25) is 0 Å². The lowest BCUT2D eigenvalue weighted by molar-refractivity contribution is -0.134. The Bertz CT molecular complexity index is 1070. The molecule has 0 amide bonds. The molecule has 33 heavy (non-hydrogen) atoms. The molecule has 0 spiro atoms. The predicted molar refractivity (Wildman–Crippen MR) is 126 cm³/mol. The second-order valence-corrected chi connectivity index (χ2v) is 8.38. The highest BCUT2D eigenvalue weighted by atomic mass is 16.5. The van der Waals surface area contributed by atoms with Crippen molar-refractivity contribution in [1.82, 2.24) is 10.1 Å². The largest absolute Gasteiger partial charge is 0.478 e. The van der Waals surface area contributed by atoms with Gasteiger partial charge in [0, 0.05) is 24.1 Å². The topological polar surface area (TPSA) is 104 Å². The molecule has 1 fully saturated rings. The smallest absolute Gasteiger partial charge is 0.328 e. The zero-order valence-electron chi connectivity index (χ0n) is 18.8. The fourth-order valence-electron chi connectivity index (χ4n) is 4.04. The van der Waals surface area contributed by atoms with E-state index in [2.05, 4.69) is 59.4 Å². The van der Waals surface area contributed by atoms with Crippen molar-refractivity contribution in [3.8, 4) is 0 Å². The summed E-state index contributed by atoms with van der Waals surface area (Å²) in [4.78, 5) is 21.7. The third-order valence-electron chi connectivity index (χ3n) is 5.81. The number of fused-ring (bicyclic) bond motifs is 1. The van der Waals surface area contributed by atoms with Crippen molar-refractivity contribution in [2.75, 3.05) is 13.1 Å². The summed E-state index contributed by atoms with van der Waals surface area (Å²) in [5.74, 6) is -1.71. The molecule has 0 aliphatic carbocycles. The highest BCUT2D eigenvalue weighted by molar-refractivity contribution is 5.89. The molecule has 2 aromatic carbocycles. The van der Waals surface area contributed by atoms with Crippen LogP contribution in [0.3, 0.4) is 0 Å². The Morgan fingerprint density at radius 1 is 1.06 bits per heavy atom. The molecule has 0 unspecified atom stereocenters. The molecule has 0 radical (unpaired) electrons. The molecule has 4 rings (SSSR count). The Morgan fingerprint density at radius 3 is 2.36 bits per heavy atom. The van der Waals surface area contributed by atoms with Gasteiger partial charge in [-0.15, -0.1) is 0 Å². The summed E-state index contributed by atoms with van der Waals surface area (Å²) in [5, 5.41) is 21.1. The molecule has 1 aromatic heterocycles. The third kappa shape index (κ3) is 7.88. The highest BCUT2D eigenvalue weighted by Gasteiger charge is 2.20. The number of piperidine rings is 1. The van der Waals surface area contributed by atoms with E-state index in [0.717, 1.165) is 30.2 Å². The molecule has 3 aromatic rings. The highest BCUT2D eigenvalue weighted by Crippen LogP contribution is 2.26. The maximum absolute atomic E-state index is 9.55. The Morgan fingerprint density at radius 2 is 1.73 bits per heavy atom. The number of carboxylic acids is 2. The van der Waals surface area contributed by atoms with Crippen molar-refractivity contribution in [2.45, 2.75) is 39.2 Å². The predicted octanol–water partition coefficient (Wildman–Crippen LogP) is 4.69. The maximum Gasteiger partial charge on any atom is 0.328 e. The Labute approximate surface area is 193 Å². The summed E-state index contributed by atoms with van der Waals surface area (Å²) >= 11 is 0. The summed E-state index contributed by atoms with van der Waals surface area (Å²) in [6.45, 7) is 5.62. The van der Waals surface area contributed by atoms with Crippen LogP contribution in [0, 0.1) is 12.8 Å². The number of carboxylic acid groups (broad SMARTS) is 2. The molecule has 2 N–H and O–H groups in total. The van der Waals surface area contributed by atoms with Gasteiger partial charge in [-0.05, 0) is 69.3 Å². The number of likely N-dealkylation sites (tertiary alicyclic amines) is 1. The molecule has 1 saturated heterocycles. The molecule has 2 heterocycles. The standard InChI is InChI=1S/C22H26N2O.C4H4O4/c1-17-7-10-22-20(15-17)21(23-25-22)9-8-18-11-13-24(14-12-18)16-19-5-3-2-4-6-19;5-3(6)1-2-4(7)8/h2-7,10,15,18H,8-9,11-14,16H2,1H3;1-2H,(H,5,6)(H,7,8)/b;2-1-. The number of hydrogen-bond donors (Lipinski definition) is 2. The van der Waals surface area contributed by atoms with Crippen LogP contribution >= 0.6 is 0 Å². The normalized spacial score (nSPS) is 14.8. The van der Waals surface area contributed by atoms with Crippen molar-refractivity contribution >= 4 is 22.9 Å². The average molecular weight is 451 g/mol. The monoisotopic (exact) mass is 450 g/mol. The van der Waals surface area contributed by atoms with Crippen molar-refractivity contribution < 1.29 is 24.3 Å². The number of nitrogens with zero attached hydrogens (tertiary/aromatic N) is 2. The van der Waals surface area contributed by atoms with E-state index in [4.69, 9.17) is 14.7 Å². The summed E-state index contributed by atoms with van der Waals surface area (Å²) < 4.78 is 5.47. The first-order chi connectivity index (χ1) is 15.9. The van der Waals surface area contributed by atoms with Crippen LogP contribution in [0.5, 0.6) is 0 Å². The molecule has 174 valence electrons. The van der Waals surface area contributed by atoms with E-state index in [1.54, 1.807) is 0 Å². The fourth-order valence-corrected chi connectivity index (χ4v) is 4.04. The minimum atomic E-state index is -1.26. The average Bonchev–Trinajstić information content (AvgIpc) is 3.20. The van der Waals surface area contributed by atoms with Crippen LogP contribution in [0.1, 0.15) is 36.1 Å². The second kappa shape index (κ2) is 12.0. The maximum atomic E-state index is 9.55. The lowest BCUT2D eigenvalue weighted by atomic mass is 9.91. The summed E-state index contributed by atoms with van der Waals surface area (Å²) in [7, 11) is 0. The van der Waals surface area contributed by atoms with Crippen LogP contribution in [-0.2, 0) is 22.6 Å². The van der Waals surface area contributed by atoms with Gasteiger partial charge in [0.25, 0.3) is 0 Å². The third-order valence-corrected chi connectivity index (χ3v) is 5.81. The number of rotatable bonds is 7. The van der Waals surface area contributed by atoms with Crippen LogP contribution in [0.15, 0.2) is 65.2 Å². The van der Waals surface area contributed by atoms with Gasteiger partial charge in [-0.3, -0.25) is 4.90 Å². The van der Waals surface area contributed by atoms with E-state index >= 15 is 0 Å². The number of aryl methyl sites for hydroxylation is 2. The van der Waals surface area contributed by atoms with Gasteiger partial charge in [0.1, 0.15) is 0 Å². The van der Waals surface area contributed by atoms with Crippen molar-refractivity contribution in [3.05, 3.63) is 77.5 Å². The molecular formula is C26H30N2O5. The van der Waals surface area contributed by atoms with Gasteiger partial charge in [-0.25, -0.2) is 9.59 Å². The van der Waals surface area contributed by atoms with Crippen LogP contribution in [0.4, 0.5) is 0 Å². The second-order valence-electron chi connectivity index (χ2n) is 8.38. The Kier molecular flexibility index (Phi) is 8.78. The first-order valence-electron chi connectivity index (χ1n) is 11.2. The lowest BCUT2D eigenvalue weighted by Crippen LogP contribution is -2.33. The van der Waals surface area contributed by atoms with Gasteiger partial charge in [0.2, 0.25) is 0 Å². The van der Waals surface area contributed by atoms with Gasteiger partial charge in [0.15, 0.2) is 5.58 Å². The van der Waals surface area contributed by atoms with Crippen molar-refractivity contribution in [2.24, 2.45) is 5.92 Å². The molecule has 0 atom stereocenters. The van der Waals surface area contributed by atoms with Crippen LogP contribution in [0.25, 0.3) is 11.0 Å². The number of benzene rings is 2. The van der Waals surface area contributed by atoms with Gasteiger partial charge >= 0.3 is 11.9 Å². The number of hydrogen-bond acceptors (Lipinski definition) is 5. The minimum absolute atomic E-state index is 0.558. The zero-order valence-corrected chi connectivity index (χ0v) is 18.8. The summed E-state index contributed by atoms with van der Waals surface area (Å²) in [6.07, 6.45) is 5.95. The molecule has 7 heteroatoms. The van der Waals surface area contributed by atoms with E-state index in [0.29, 0.717) is 12.2 Å². The first kappa shape index (κ1) is 24.2. The van der Waals surface area contributed by atoms with E-state index < -0.39 is 11.9 Å². The van der Waals surface area contributed by atoms with Crippen molar-refractivity contribution in [1.29, 1.82) is 0 Å². The van der Waals surface area contributed by atoms with Gasteiger partial charge in [-0.2, -0.15) is 0 Å². The number of carbonyl (C=O) groups is 2. The Balaban J connectivity index is 0.000000331. The quantitative estimate of drug-likeness (QED) is 0.503. The Hall–Kier alpha value is -3.45. The molecule has 0 saturated carbocycles.